The minimum Gasteiger partial charge on any atom is -0.394 e. The van der Waals surface area contributed by atoms with Gasteiger partial charge in [-0.2, -0.15) is 8.42 Å². The highest BCUT2D eigenvalue weighted by Gasteiger charge is 2.48. The van der Waals surface area contributed by atoms with Crippen molar-refractivity contribution in [2.75, 3.05) is 13.2 Å². The molecule has 0 radical (unpaired) electrons. The highest BCUT2D eigenvalue weighted by atomic mass is 32.3. The molecule has 14 heteroatoms. The van der Waals surface area contributed by atoms with E-state index in [0.29, 0.717) is 12.8 Å². The van der Waals surface area contributed by atoms with Crippen LogP contribution in [0, 0.1) is 0 Å². The predicted molar refractivity (Wildman–Crippen MR) is 274 cm³/mol. The number of allylic oxidation sites excluding steroid dienone is 5. The molecule has 0 aliphatic carbocycles. The molecule has 68 heavy (non-hydrogen) atoms. The number of rotatable bonds is 47. The Morgan fingerprint density at radius 1 is 0.588 bits per heavy atom. The number of unbranched alkanes of at least 4 members (excludes halogenated alkanes) is 30. The lowest BCUT2D eigenvalue weighted by Crippen LogP contribution is -2.61. The van der Waals surface area contributed by atoms with Crippen molar-refractivity contribution in [3.05, 3.63) is 36.5 Å². The second-order valence-corrected chi connectivity index (χ2v) is 20.3. The molecule has 1 aliphatic rings. The normalized spacial score (nSPS) is 20.5. The van der Waals surface area contributed by atoms with Gasteiger partial charge >= 0.3 is 10.4 Å². The molecule has 1 rings (SSSR count). The Balaban J connectivity index is 2.49. The number of aliphatic hydroxyl groups is 5. The van der Waals surface area contributed by atoms with Crippen LogP contribution in [0.1, 0.15) is 239 Å². The van der Waals surface area contributed by atoms with Crippen molar-refractivity contribution in [2.24, 2.45) is 0 Å². The highest BCUT2D eigenvalue weighted by molar-refractivity contribution is 7.80. The molecule has 1 fully saturated rings. The van der Waals surface area contributed by atoms with Crippen molar-refractivity contribution in [2.45, 2.75) is 288 Å². The first kappa shape index (κ1) is 64.3. The van der Waals surface area contributed by atoms with E-state index in [1.807, 2.05) is 0 Å². The summed E-state index contributed by atoms with van der Waals surface area (Å²) in [6.07, 6.45) is 42.2. The van der Waals surface area contributed by atoms with Gasteiger partial charge in [0.15, 0.2) is 6.29 Å². The molecule has 1 amide bonds. The molecule has 400 valence electrons. The third kappa shape index (κ3) is 35.4. The highest BCUT2D eigenvalue weighted by Crippen LogP contribution is 2.26. The number of carbonyl (C=O) groups is 1. The van der Waals surface area contributed by atoms with E-state index in [1.165, 1.54) is 167 Å². The molecule has 8 unspecified atom stereocenters. The van der Waals surface area contributed by atoms with Crippen LogP contribution in [0.4, 0.5) is 0 Å². The average Bonchev–Trinajstić information content (AvgIpc) is 3.31. The number of hydrogen-bond acceptors (Lipinski definition) is 11. The van der Waals surface area contributed by atoms with Crippen molar-refractivity contribution in [1.29, 1.82) is 0 Å². The van der Waals surface area contributed by atoms with E-state index in [-0.39, 0.29) is 6.42 Å². The maximum absolute atomic E-state index is 13.2. The van der Waals surface area contributed by atoms with Gasteiger partial charge in [0, 0.05) is 0 Å². The third-order valence-electron chi connectivity index (χ3n) is 13.0. The van der Waals surface area contributed by atoms with Crippen LogP contribution < -0.4 is 5.32 Å². The maximum atomic E-state index is 13.2. The molecule has 1 heterocycles. The van der Waals surface area contributed by atoms with Crippen molar-refractivity contribution in [3.8, 4) is 0 Å². The summed E-state index contributed by atoms with van der Waals surface area (Å²) in [6, 6.07) is -1.14. The molecule has 7 N–H and O–H groups in total. The van der Waals surface area contributed by atoms with Gasteiger partial charge in [-0.3, -0.25) is 9.35 Å². The van der Waals surface area contributed by atoms with Crippen molar-refractivity contribution >= 4 is 16.3 Å². The smallest absolute Gasteiger partial charge is 0.394 e. The lowest BCUT2D eigenvalue weighted by molar-refractivity contribution is -0.298. The number of nitrogens with one attached hydrogen (secondary N) is 1. The lowest BCUT2D eigenvalue weighted by atomic mass is 9.99. The van der Waals surface area contributed by atoms with Gasteiger partial charge in [-0.15, -0.1) is 0 Å². The second kappa shape index (κ2) is 44.0. The van der Waals surface area contributed by atoms with Crippen LogP contribution in [-0.4, -0.2) is 107 Å². The number of carbonyl (C=O) groups excluding carboxylic acids is 1. The zero-order valence-electron chi connectivity index (χ0n) is 42.8. The molecule has 0 bridgehead atoms. The monoisotopic (exact) mass is 988 g/mol. The minimum absolute atomic E-state index is 0.237. The first-order valence-corrected chi connectivity index (χ1v) is 28.8. The largest absolute Gasteiger partial charge is 0.397 e. The van der Waals surface area contributed by atoms with E-state index < -0.39 is 78.5 Å². The number of aliphatic hydroxyl groups excluding tert-OH is 5. The Morgan fingerprint density at radius 3 is 1.41 bits per heavy atom. The Bertz CT molecular complexity index is 1360. The van der Waals surface area contributed by atoms with Gasteiger partial charge in [-0.1, -0.05) is 230 Å². The lowest BCUT2D eigenvalue weighted by Gasteiger charge is -2.41. The third-order valence-corrected chi connectivity index (χ3v) is 13.5. The van der Waals surface area contributed by atoms with Gasteiger partial charge in [0.1, 0.15) is 30.5 Å². The van der Waals surface area contributed by atoms with Gasteiger partial charge in [0.2, 0.25) is 5.91 Å². The number of hydrogen-bond donors (Lipinski definition) is 7. The van der Waals surface area contributed by atoms with Gasteiger partial charge in [0.05, 0.1) is 25.4 Å². The summed E-state index contributed by atoms with van der Waals surface area (Å²) in [7, 11) is -5.13. The fourth-order valence-electron chi connectivity index (χ4n) is 8.67. The summed E-state index contributed by atoms with van der Waals surface area (Å²) in [5.41, 5.74) is 0. The molecular weight excluding hydrogens is 887 g/mol. The van der Waals surface area contributed by atoms with Crippen molar-refractivity contribution < 1.29 is 57.0 Å². The molecular formula is C54H101NO12S. The molecule has 8 atom stereocenters. The maximum Gasteiger partial charge on any atom is 0.397 e. The van der Waals surface area contributed by atoms with Crippen LogP contribution in [0.2, 0.25) is 0 Å². The van der Waals surface area contributed by atoms with Crippen molar-refractivity contribution in [3.63, 3.8) is 0 Å². The van der Waals surface area contributed by atoms with Crippen LogP contribution >= 0.6 is 0 Å². The van der Waals surface area contributed by atoms with Crippen LogP contribution in [0.3, 0.4) is 0 Å². The van der Waals surface area contributed by atoms with Crippen LogP contribution in [-0.2, 0) is 28.9 Å². The fourth-order valence-corrected chi connectivity index (χ4v) is 9.18. The molecule has 0 spiro atoms. The molecule has 1 aliphatic heterocycles. The van der Waals surface area contributed by atoms with E-state index in [4.69, 9.17) is 9.47 Å². The summed E-state index contributed by atoms with van der Waals surface area (Å²) in [6.45, 7) is 3.23. The summed E-state index contributed by atoms with van der Waals surface area (Å²) < 4.78 is 47.7. The average molecular weight is 988 g/mol. The topological polar surface area (TPSA) is 212 Å². The summed E-state index contributed by atoms with van der Waals surface area (Å²) in [5, 5.41) is 55.4. The van der Waals surface area contributed by atoms with Crippen LogP contribution in [0.5, 0.6) is 0 Å². The molecule has 0 aromatic heterocycles. The van der Waals surface area contributed by atoms with Crippen LogP contribution in [0.25, 0.3) is 0 Å². The minimum atomic E-state index is -5.13. The SMILES string of the molecule is CCCCCCCCCC/C=C/CC/C=C/CC/C=C/C(O)C(COC1OC(CO)C(O)C(OS(=O)(=O)O)C1O)NC(=O)C(O)CCCCCCCCCCCCCCCCCCCCCCC. The second-order valence-electron chi connectivity index (χ2n) is 19.3. The Labute approximate surface area is 414 Å². The first-order valence-electron chi connectivity index (χ1n) is 27.5. The summed E-state index contributed by atoms with van der Waals surface area (Å²) >= 11 is 0. The quantitative estimate of drug-likeness (QED) is 0.0172. The summed E-state index contributed by atoms with van der Waals surface area (Å²) in [5.74, 6) is -0.713. The van der Waals surface area contributed by atoms with Gasteiger partial charge in [-0.25, -0.2) is 4.18 Å². The van der Waals surface area contributed by atoms with E-state index in [9.17, 15) is 43.3 Å². The molecule has 0 aromatic rings. The number of amides is 1. The zero-order chi connectivity index (χ0) is 49.9. The van der Waals surface area contributed by atoms with E-state index in [2.05, 4.69) is 47.7 Å². The van der Waals surface area contributed by atoms with Gasteiger partial charge in [0.25, 0.3) is 0 Å². The Hall–Kier alpha value is -1.72. The van der Waals surface area contributed by atoms with Crippen LogP contribution in [0.15, 0.2) is 36.5 Å². The first-order chi connectivity index (χ1) is 32.9. The standard InChI is InChI=1S/C54H101NO12S/c1-3-5-7-9-11-13-15-17-19-21-23-24-25-27-29-31-33-35-37-39-41-43-48(58)53(61)55-46(45-65-54-51(60)52(67-68(62,63)64)50(59)49(44-56)66-54)47(57)42-40-38-36-34-32-30-28-26-22-20-18-16-14-12-10-8-6-4-2/h22,26,32,34,40,42,46-52,54,56-60H,3-21,23-25,27-31,33,35-39,41,43-45H2,1-2H3,(H,55,61)(H,62,63,64)/b26-22+,34-32+,42-40+. The van der Waals surface area contributed by atoms with E-state index in [1.54, 1.807) is 6.08 Å². The van der Waals surface area contributed by atoms with E-state index >= 15 is 0 Å². The zero-order valence-corrected chi connectivity index (χ0v) is 43.6. The summed E-state index contributed by atoms with van der Waals surface area (Å²) in [4.78, 5) is 13.2. The van der Waals surface area contributed by atoms with E-state index in [0.717, 1.165) is 44.9 Å². The molecule has 1 saturated heterocycles. The molecule has 0 saturated carbocycles. The Morgan fingerprint density at radius 2 is 0.985 bits per heavy atom. The van der Waals surface area contributed by atoms with Gasteiger partial charge < -0.3 is 40.3 Å². The molecule has 0 aromatic carbocycles. The molecule has 13 nitrogen and oxygen atoms in total. The Kier molecular flexibility index (Phi) is 41.6. The fraction of sp³-hybridized carbons (Fsp3) is 0.870. The number of ether oxygens (including phenoxy) is 2. The van der Waals surface area contributed by atoms with Gasteiger partial charge in [-0.05, 0) is 44.9 Å². The predicted octanol–water partition coefficient (Wildman–Crippen LogP) is 11.2. The van der Waals surface area contributed by atoms with Crippen molar-refractivity contribution in [1.82, 2.24) is 5.32 Å².